The first-order valence-corrected chi connectivity index (χ1v) is 9.99. The molecule has 3 unspecified atom stereocenters. The van der Waals surface area contributed by atoms with Crippen molar-refractivity contribution in [3.05, 3.63) is 72.2 Å². The highest BCUT2D eigenvalue weighted by Crippen LogP contribution is 2.57. The second kappa shape index (κ2) is 7.46. The van der Waals surface area contributed by atoms with Crippen LogP contribution in [0.2, 0.25) is 0 Å². The van der Waals surface area contributed by atoms with E-state index in [1.54, 1.807) is 30.3 Å². The summed E-state index contributed by atoms with van der Waals surface area (Å²) in [6, 6.07) is 11.4. The van der Waals surface area contributed by atoms with Gasteiger partial charge in [0.25, 0.3) is 11.3 Å². The molecule has 4 rings (SSSR count). The number of anilines is 1. The van der Waals surface area contributed by atoms with E-state index in [2.05, 4.69) is 10.1 Å². The molecule has 0 amide bonds. The first-order valence-electron chi connectivity index (χ1n) is 8.92. The van der Waals surface area contributed by atoms with Crippen LogP contribution in [0.15, 0.2) is 61.1 Å². The summed E-state index contributed by atoms with van der Waals surface area (Å²) in [7, 11) is 0. The van der Waals surface area contributed by atoms with Gasteiger partial charge in [0, 0.05) is 12.1 Å². The van der Waals surface area contributed by atoms with Gasteiger partial charge in [-0.25, -0.2) is 23.0 Å². The van der Waals surface area contributed by atoms with Gasteiger partial charge in [-0.05, 0) is 24.1 Å². The molecule has 0 aliphatic heterocycles. The van der Waals surface area contributed by atoms with E-state index in [0.717, 1.165) is 21.4 Å². The SMILES string of the molecule is O=C(O)C1(N(c2ccc(-n3cc(C(F)(F)F)cn3)nc2)S(=O)O)CC1c1ccccc1. The minimum Gasteiger partial charge on any atom is -0.479 e. The molecule has 1 saturated carbocycles. The molecular weight excluding hydrogens is 437 g/mol. The van der Waals surface area contributed by atoms with Gasteiger partial charge in [-0.1, -0.05) is 30.3 Å². The Labute approximate surface area is 176 Å². The Morgan fingerprint density at radius 1 is 1.19 bits per heavy atom. The van der Waals surface area contributed by atoms with Gasteiger partial charge < -0.3 is 5.11 Å². The number of nitrogens with zero attached hydrogens (tertiary/aromatic N) is 4. The third-order valence-corrected chi connectivity index (χ3v) is 5.98. The van der Waals surface area contributed by atoms with Crippen LogP contribution in [0.5, 0.6) is 0 Å². The molecule has 2 heterocycles. The number of aliphatic carboxylic acids is 1. The summed E-state index contributed by atoms with van der Waals surface area (Å²) in [4.78, 5) is 16.1. The zero-order valence-corrected chi connectivity index (χ0v) is 16.4. The number of carbonyl (C=O) groups is 1. The summed E-state index contributed by atoms with van der Waals surface area (Å²) < 4.78 is 62.1. The smallest absolute Gasteiger partial charge is 0.419 e. The average Bonchev–Trinajstić information content (AvgIpc) is 3.25. The quantitative estimate of drug-likeness (QED) is 0.556. The van der Waals surface area contributed by atoms with Crippen molar-refractivity contribution in [3.8, 4) is 5.82 Å². The summed E-state index contributed by atoms with van der Waals surface area (Å²) in [6.45, 7) is 0. The van der Waals surface area contributed by atoms with Gasteiger partial charge in [0.05, 0.1) is 23.6 Å². The first kappa shape index (κ1) is 21.0. The highest BCUT2D eigenvalue weighted by Gasteiger charge is 2.67. The lowest BCUT2D eigenvalue weighted by atomic mass is 10.1. The Hall–Kier alpha value is -3.25. The Morgan fingerprint density at radius 2 is 1.90 bits per heavy atom. The molecule has 3 atom stereocenters. The second-order valence-electron chi connectivity index (χ2n) is 6.97. The lowest BCUT2D eigenvalue weighted by Crippen LogP contribution is -2.46. The number of alkyl halides is 3. The van der Waals surface area contributed by atoms with E-state index in [4.69, 9.17) is 0 Å². The number of benzene rings is 1. The third kappa shape index (κ3) is 3.68. The van der Waals surface area contributed by atoms with Crippen LogP contribution < -0.4 is 4.31 Å². The van der Waals surface area contributed by atoms with Crippen LogP contribution in [-0.4, -0.2) is 40.1 Å². The molecule has 2 aromatic heterocycles. The van der Waals surface area contributed by atoms with Crippen molar-refractivity contribution in [2.24, 2.45) is 0 Å². The lowest BCUT2D eigenvalue weighted by molar-refractivity contribution is -0.139. The Bertz CT molecular complexity index is 1140. The highest BCUT2D eigenvalue weighted by molar-refractivity contribution is 7.80. The molecule has 2 N–H and O–H groups in total. The summed E-state index contributed by atoms with van der Waals surface area (Å²) >= 11 is -2.69. The van der Waals surface area contributed by atoms with E-state index in [1.807, 2.05) is 0 Å². The van der Waals surface area contributed by atoms with Crippen LogP contribution in [0.1, 0.15) is 23.5 Å². The molecule has 0 saturated heterocycles. The van der Waals surface area contributed by atoms with Crippen LogP contribution in [0.25, 0.3) is 5.82 Å². The van der Waals surface area contributed by atoms with Crippen molar-refractivity contribution in [2.45, 2.75) is 24.1 Å². The summed E-state index contributed by atoms with van der Waals surface area (Å²) in [6.07, 6.45) is -1.92. The third-order valence-electron chi connectivity index (χ3n) is 5.13. The average molecular weight is 452 g/mol. The fourth-order valence-corrected chi connectivity index (χ4v) is 4.41. The number of rotatable bonds is 6. The van der Waals surface area contributed by atoms with Gasteiger partial charge in [-0.2, -0.15) is 18.3 Å². The Balaban J connectivity index is 1.67. The van der Waals surface area contributed by atoms with Crippen LogP contribution >= 0.6 is 0 Å². The van der Waals surface area contributed by atoms with Gasteiger partial charge in [0.1, 0.15) is 0 Å². The fraction of sp³-hybridized carbons (Fsp3) is 0.211. The van der Waals surface area contributed by atoms with Crippen LogP contribution in [0, 0.1) is 0 Å². The predicted octanol–water partition coefficient (Wildman–Crippen LogP) is 3.24. The highest BCUT2D eigenvalue weighted by atomic mass is 32.2. The molecule has 31 heavy (non-hydrogen) atoms. The zero-order valence-electron chi connectivity index (χ0n) is 15.6. The maximum atomic E-state index is 12.8. The minimum atomic E-state index is -4.56. The molecule has 1 fully saturated rings. The maximum absolute atomic E-state index is 12.8. The summed E-state index contributed by atoms with van der Waals surface area (Å²) in [5, 5.41) is 13.5. The molecule has 8 nitrogen and oxygen atoms in total. The summed E-state index contributed by atoms with van der Waals surface area (Å²) in [5.74, 6) is -1.76. The van der Waals surface area contributed by atoms with E-state index in [-0.39, 0.29) is 17.9 Å². The number of hydrogen-bond donors (Lipinski definition) is 2. The lowest BCUT2D eigenvalue weighted by Gasteiger charge is -2.28. The number of hydrogen-bond acceptors (Lipinski definition) is 4. The normalized spacial score (nSPS) is 21.5. The standard InChI is InChI=1S/C19H15F3N4O4S/c20-19(21,22)13-9-24-25(11-13)16-7-6-14(10-23-16)26(31(29)30)18(17(27)28)8-15(18)12-4-2-1-3-5-12/h1-7,9-11,15H,8H2,(H,27,28)(H,29,30). The number of pyridine rings is 1. The molecule has 12 heteroatoms. The van der Waals surface area contributed by atoms with Crippen LogP contribution in [0.4, 0.5) is 18.9 Å². The fourth-order valence-electron chi connectivity index (χ4n) is 3.57. The van der Waals surface area contributed by atoms with E-state index < -0.39 is 40.4 Å². The van der Waals surface area contributed by atoms with Gasteiger partial charge in [0.15, 0.2) is 11.4 Å². The maximum Gasteiger partial charge on any atom is 0.419 e. The zero-order chi connectivity index (χ0) is 22.4. The van der Waals surface area contributed by atoms with Crippen molar-refractivity contribution < 1.29 is 31.8 Å². The van der Waals surface area contributed by atoms with Gasteiger partial charge >= 0.3 is 12.1 Å². The molecule has 162 valence electrons. The molecule has 1 aliphatic rings. The van der Waals surface area contributed by atoms with Crippen molar-refractivity contribution in [2.75, 3.05) is 4.31 Å². The molecule has 0 bridgehead atoms. The second-order valence-corrected chi connectivity index (χ2v) is 7.79. The number of halogens is 3. The van der Waals surface area contributed by atoms with Crippen molar-refractivity contribution in [1.29, 1.82) is 0 Å². The largest absolute Gasteiger partial charge is 0.479 e. The number of aromatic nitrogens is 3. The molecular formula is C19H15F3N4O4S. The van der Waals surface area contributed by atoms with E-state index in [1.165, 1.54) is 12.1 Å². The topological polar surface area (TPSA) is 109 Å². The first-order chi connectivity index (χ1) is 14.6. The van der Waals surface area contributed by atoms with Gasteiger partial charge in [-0.15, -0.1) is 0 Å². The van der Waals surface area contributed by atoms with Crippen molar-refractivity contribution in [1.82, 2.24) is 14.8 Å². The van der Waals surface area contributed by atoms with Crippen molar-refractivity contribution in [3.63, 3.8) is 0 Å². The Kier molecular flexibility index (Phi) is 5.06. The molecule has 1 aliphatic carbocycles. The molecule has 3 aromatic rings. The van der Waals surface area contributed by atoms with Gasteiger partial charge in [-0.3, -0.25) is 4.55 Å². The monoisotopic (exact) mass is 452 g/mol. The molecule has 0 radical (unpaired) electrons. The van der Waals surface area contributed by atoms with E-state index in [0.29, 0.717) is 11.8 Å². The van der Waals surface area contributed by atoms with E-state index >= 15 is 0 Å². The molecule has 0 spiro atoms. The predicted molar refractivity (Wildman–Crippen MR) is 104 cm³/mol. The number of carboxylic acids is 1. The Morgan fingerprint density at radius 3 is 2.42 bits per heavy atom. The minimum absolute atomic E-state index is 0.0303. The summed E-state index contributed by atoms with van der Waals surface area (Å²) in [5.41, 5.74) is -1.86. The van der Waals surface area contributed by atoms with Crippen LogP contribution in [0.3, 0.4) is 0 Å². The molecule has 1 aromatic carbocycles. The van der Waals surface area contributed by atoms with E-state index in [9.17, 15) is 31.8 Å². The van der Waals surface area contributed by atoms with Crippen molar-refractivity contribution >= 4 is 22.9 Å². The number of carboxylic acid groups (broad SMARTS) is 1. The van der Waals surface area contributed by atoms with Gasteiger partial charge in [0.2, 0.25) is 0 Å². The van der Waals surface area contributed by atoms with Crippen LogP contribution in [-0.2, 0) is 22.2 Å².